The normalized spacial score (nSPS) is 12.0. The standard InChI is InChI=1S/C22H38O4S/c1-20(2)26-19-15-11-9-7-5-3-4-6-8-10-12-16-21-17-13-14-18-22(21)27(23,24)25/h13-14,17-18,20H,3-12,15-16,19H2,1-2H3,(H,23,24,25). The van der Waals surface area contributed by atoms with E-state index in [-0.39, 0.29) is 4.90 Å². The molecule has 0 aromatic heterocycles. The van der Waals surface area contributed by atoms with Gasteiger partial charge in [0.25, 0.3) is 10.1 Å². The SMILES string of the molecule is CC(C)OCCCCCCCCCCCCCc1ccccc1S(=O)(=O)O. The van der Waals surface area contributed by atoms with Gasteiger partial charge in [-0.25, -0.2) is 0 Å². The van der Waals surface area contributed by atoms with Crippen molar-refractivity contribution >= 4 is 10.1 Å². The summed E-state index contributed by atoms with van der Waals surface area (Å²) in [5, 5.41) is 0. The van der Waals surface area contributed by atoms with Crippen LogP contribution in [0.4, 0.5) is 0 Å². The fourth-order valence-electron chi connectivity index (χ4n) is 3.29. The Kier molecular flexibility index (Phi) is 12.6. The molecule has 0 saturated heterocycles. The summed E-state index contributed by atoms with van der Waals surface area (Å²) in [6.07, 6.45) is 14.6. The van der Waals surface area contributed by atoms with Crippen LogP contribution in [0.15, 0.2) is 29.2 Å². The van der Waals surface area contributed by atoms with Gasteiger partial charge in [-0.05, 0) is 44.7 Å². The van der Waals surface area contributed by atoms with Crippen molar-refractivity contribution in [1.82, 2.24) is 0 Å². The van der Waals surface area contributed by atoms with Gasteiger partial charge in [0.15, 0.2) is 0 Å². The van der Waals surface area contributed by atoms with Gasteiger partial charge in [0.2, 0.25) is 0 Å². The molecule has 27 heavy (non-hydrogen) atoms. The van der Waals surface area contributed by atoms with E-state index in [1.807, 2.05) is 6.07 Å². The molecule has 4 nitrogen and oxygen atoms in total. The molecular formula is C22H38O4S. The average Bonchev–Trinajstić information content (AvgIpc) is 2.61. The maximum absolute atomic E-state index is 11.4. The third-order valence-corrected chi connectivity index (χ3v) is 5.75. The first-order valence-corrected chi connectivity index (χ1v) is 12.0. The van der Waals surface area contributed by atoms with E-state index in [1.54, 1.807) is 12.1 Å². The zero-order valence-corrected chi connectivity index (χ0v) is 18.0. The highest BCUT2D eigenvalue weighted by molar-refractivity contribution is 7.85. The van der Waals surface area contributed by atoms with Gasteiger partial charge in [-0.15, -0.1) is 0 Å². The largest absolute Gasteiger partial charge is 0.379 e. The molecule has 0 aliphatic rings. The monoisotopic (exact) mass is 398 g/mol. The van der Waals surface area contributed by atoms with Gasteiger partial charge in [-0.2, -0.15) is 8.42 Å². The van der Waals surface area contributed by atoms with Gasteiger partial charge >= 0.3 is 0 Å². The van der Waals surface area contributed by atoms with Gasteiger partial charge in [0.1, 0.15) is 0 Å². The van der Waals surface area contributed by atoms with E-state index in [4.69, 9.17) is 4.74 Å². The number of aryl methyl sites for hydroxylation is 1. The molecule has 0 spiro atoms. The van der Waals surface area contributed by atoms with Crippen molar-refractivity contribution in [3.8, 4) is 0 Å². The average molecular weight is 399 g/mol. The van der Waals surface area contributed by atoms with Crippen LogP contribution < -0.4 is 0 Å². The Hall–Kier alpha value is -0.910. The fourth-order valence-corrected chi connectivity index (χ4v) is 4.04. The van der Waals surface area contributed by atoms with E-state index < -0.39 is 10.1 Å². The molecule has 0 heterocycles. The highest BCUT2D eigenvalue weighted by Gasteiger charge is 2.13. The molecule has 1 N–H and O–H groups in total. The van der Waals surface area contributed by atoms with Gasteiger partial charge in [0.05, 0.1) is 11.0 Å². The zero-order chi connectivity index (χ0) is 20.0. The Labute approximate surface area is 166 Å². The van der Waals surface area contributed by atoms with Gasteiger partial charge in [-0.3, -0.25) is 4.55 Å². The van der Waals surface area contributed by atoms with Crippen LogP contribution in [-0.2, 0) is 21.3 Å². The second-order valence-electron chi connectivity index (χ2n) is 7.64. The number of benzene rings is 1. The minimum atomic E-state index is -4.11. The molecule has 156 valence electrons. The van der Waals surface area contributed by atoms with Crippen molar-refractivity contribution in [2.24, 2.45) is 0 Å². The lowest BCUT2D eigenvalue weighted by atomic mass is 10.0. The van der Waals surface area contributed by atoms with E-state index in [2.05, 4.69) is 13.8 Å². The Morgan fingerprint density at radius 3 is 1.81 bits per heavy atom. The van der Waals surface area contributed by atoms with Gasteiger partial charge in [0, 0.05) is 6.61 Å². The fraction of sp³-hybridized carbons (Fsp3) is 0.727. The summed E-state index contributed by atoms with van der Waals surface area (Å²) in [6.45, 7) is 5.06. The summed E-state index contributed by atoms with van der Waals surface area (Å²) in [6, 6.07) is 6.73. The molecule has 1 aromatic carbocycles. The molecule has 0 aliphatic carbocycles. The Morgan fingerprint density at radius 2 is 1.30 bits per heavy atom. The minimum absolute atomic E-state index is 0.0563. The van der Waals surface area contributed by atoms with E-state index in [9.17, 15) is 13.0 Å². The Balaban J connectivity index is 1.96. The zero-order valence-electron chi connectivity index (χ0n) is 17.2. The van der Waals surface area contributed by atoms with Crippen LogP contribution in [0.5, 0.6) is 0 Å². The highest BCUT2D eigenvalue weighted by atomic mass is 32.2. The van der Waals surface area contributed by atoms with Gasteiger partial charge < -0.3 is 4.74 Å². The first-order chi connectivity index (χ1) is 12.9. The molecule has 1 rings (SSSR count). The lowest BCUT2D eigenvalue weighted by Gasteiger charge is -2.07. The van der Waals surface area contributed by atoms with Crippen molar-refractivity contribution in [3.63, 3.8) is 0 Å². The lowest BCUT2D eigenvalue weighted by Crippen LogP contribution is -2.03. The van der Waals surface area contributed by atoms with Crippen LogP contribution in [0.1, 0.15) is 90.0 Å². The summed E-state index contributed by atoms with van der Waals surface area (Å²) in [7, 11) is -4.11. The maximum atomic E-state index is 11.4. The first kappa shape index (κ1) is 24.1. The molecule has 0 saturated carbocycles. The smallest absolute Gasteiger partial charge is 0.294 e. The molecule has 0 bridgehead atoms. The summed E-state index contributed by atoms with van der Waals surface area (Å²) >= 11 is 0. The summed E-state index contributed by atoms with van der Waals surface area (Å²) < 4.78 is 37.5. The van der Waals surface area contributed by atoms with Crippen LogP contribution in [0.3, 0.4) is 0 Å². The molecule has 0 aliphatic heterocycles. The molecule has 1 aromatic rings. The summed E-state index contributed by atoms with van der Waals surface area (Å²) in [5.74, 6) is 0. The summed E-state index contributed by atoms with van der Waals surface area (Å²) in [5.41, 5.74) is 0.721. The topological polar surface area (TPSA) is 63.6 Å². The molecule has 0 atom stereocenters. The molecule has 5 heteroatoms. The predicted molar refractivity (Wildman–Crippen MR) is 112 cm³/mol. The highest BCUT2D eigenvalue weighted by Crippen LogP contribution is 2.18. The van der Waals surface area contributed by atoms with E-state index >= 15 is 0 Å². The number of unbranched alkanes of at least 4 members (excludes halogenated alkanes) is 10. The third kappa shape index (κ3) is 12.2. The predicted octanol–water partition coefficient (Wildman–Crippen LogP) is 6.19. The van der Waals surface area contributed by atoms with E-state index in [0.29, 0.717) is 12.5 Å². The molecular weight excluding hydrogens is 360 g/mol. The van der Waals surface area contributed by atoms with Crippen LogP contribution in [-0.4, -0.2) is 25.7 Å². The van der Waals surface area contributed by atoms with Crippen LogP contribution >= 0.6 is 0 Å². The van der Waals surface area contributed by atoms with Crippen molar-refractivity contribution in [3.05, 3.63) is 29.8 Å². The Bertz CT molecular complexity index is 596. The minimum Gasteiger partial charge on any atom is -0.379 e. The van der Waals surface area contributed by atoms with E-state index in [1.165, 1.54) is 63.9 Å². The molecule has 0 fully saturated rings. The van der Waals surface area contributed by atoms with E-state index in [0.717, 1.165) is 25.0 Å². The van der Waals surface area contributed by atoms with Gasteiger partial charge in [-0.1, -0.05) is 76.0 Å². The molecule has 0 amide bonds. The number of hydrogen-bond donors (Lipinski definition) is 1. The second kappa shape index (κ2) is 14.1. The van der Waals surface area contributed by atoms with Crippen LogP contribution in [0.25, 0.3) is 0 Å². The van der Waals surface area contributed by atoms with Crippen molar-refractivity contribution in [2.75, 3.05) is 6.61 Å². The lowest BCUT2D eigenvalue weighted by molar-refractivity contribution is 0.0756. The second-order valence-corrected chi connectivity index (χ2v) is 9.03. The van der Waals surface area contributed by atoms with Crippen molar-refractivity contribution < 1.29 is 17.7 Å². The van der Waals surface area contributed by atoms with Crippen molar-refractivity contribution in [2.45, 2.75) is 102 Å². The number of rotatable bonds is 16. The summed E-state index contributed by atoms with van der Waals surface area (Å²) in [4.78, 5) is 0.0563. The quantitative estimate of drug-likeness (QED) is 0.266. The number of hydrogen-bond acceptors (Lipinski definition) is 3. The first-order valence-electron chi connectivity index (χ1n) is 10.6. The van der Waals surface area contributed by atoms with Crippen LogP contribution in [0.2, 0.25) is 0 Å². The number of ether oxygens (including phenoxy) is 1. The van der Waals surface area contributed by atoms with Crippen LogP contribution in [0, 0.1) is 0 Å². The maximum Gasteiger partial charge on any atom is 0.294 e. The Morgan fingerprint density at radius 1 is 0.815 bits per heavy atom. The van der Waals surface area contributed by atoms with Crippen molar-refractivity contribution in [1.29, 1.82) is 0 Å². The molecule has 0 radical (unpaired) electrons. The molecule has 0 unspecified atom stereocenters. The third-order valence-electron chi connectivity index (χ3n) is 4.79.